The maximum absolute atomic E-state index is 4.28. The number of nitrogens with zero attached hydrogens (tertiary/aromatic N) is 1. The number of aryl methyl sites for hydroxylation is 1. The van der Waals surface area contributed by atoms with Gasteiger partial charge in [0.1, 0.15) is 0 Å². The minimum absolute atomic E-state index is 0.492. The van der Waals surface area contributed by atoms with E-state index in [4.69, 9.17) is 0 Å². The molecule has 1 heterocycles. The van der Waals surface area contributed by atoms with Crippen LogP contribution in [0.1, 0.15) is 31.5 Å². The molecule has 3 heteroatoms. The Morgan fingerprint density at radius 2 is 2.25 bits per heavy atom. The van der Waals surface area contributed by atoms with Gasteiger partial charge in [-0.3, -0.25) is 4.98 Å². The van der Waals surface area contributed by atoms with E-state index in [-0.39, 0.29) is 0 Å². The van der Waals surface area contributed by atoms with Crippen molar-refractivity contribution < 1.29 is 0 Å². The molecule has 0 bridgehead atoms. The molecular formula is C13H23N3. The Morgan fingerprint density at radius 1 is 1.44 bits per heavy atom. The van der Waals surface area contributed by atoms with E-state index in [0.717, 1.165) is 25.3 Å². The Bertz CT molecular complexity index is 299. The van der Waals surface area contributed by atoms with Crippen molar-refractivity contribution >= 4 is 0 Å². The second kappa shape index (κ2) is 7.36. The summed E-state index contributed by atoms with van der Waals surface area (Å²) in [5, 5.41) is 6.90. The molecule has 0 saturated carbocycles. The summed E-state index contributed by atoms with van der Waals surface area (Å²) in [4.78, 5) is 4.28. The highest BCUT2D eigenvalue weighted by molar-refractivity contribution is 5.17. The van der Waals surface area contributed by atoms with Crippen molar-refractivity contribution in [3.05, 3.63) is 29.6 Å². The van der Waals surface area contributed by atoms with Crippen LogP contribution in [0.15, 0.2) is 18.3 Å². The van der Waals surface area contributed by atoms with Crippen molar-refractivity contribution in [2.75, 3.05) is 13.1 Å². The van der Waals surface area contributed by atoms with E-state index in [1.165, 1.54) is 12.0 Å². The quantitative estimate of drug-likeness (QED) is 0.690. The van der Waals surface area contributed by atoms with Crippen LogP contribution >= 0.6 is 0 Å². The van der Waals surface area contributed by atoms with Crippen molar-refractivity contribution in [3.63, 3.8) is 0 Å². The van der Waals surface area contributed by atoms with Crippen LogP contribution in [0.3, 0.4) is 0 Å². The smallest absolute Gasteiger partial charge is 0.0417 e. The van der Waals surface area contributed by atoms with Gasteiger partial charge in [0.2, 0.25) is 0 Å². The third-order valence-corrected chi connectivity index (χ3v) is 2.63. The summed E-state index contributed by atoms with van der Waals surface area (Å²) in [5.74, 6) is 0. The van der Waals surface area contributed by atoms with Crippen molar-refractivity contribution in [2.45, 2.75) is 39.8 Å². The summed E-state index contributed by atoms with van der Waals surface area (Å²) >= 11 is 0. The molecule has 90 valence electrons. The van der Waals surface area contributed by atoms with Crippen LogP contribution in [0.25, 0.3) is 0 Å². The zero-order valence-electron chi connectivity index (χ0n) is 10.6. The molecule has 0 fully saturated rings. The molecule has 0 aromatic carbocycles. The van der Waals surface area contributed by atoms with Crippen molar-refractivity contribution in [1.82, 2.24) is 15.6 Å². The molecule has 1 aromatic heterocycles. The number of hydrogen-bond donors (Lipinski definition) is 2. The van der Waals surface area contributed by atoms with E-state index in [0.29, 0.717) is 6.04 Å². The van der Waals surface area contributed by atoms with E-state index in [2.05, 4.69) is 42.5 Å². The van der Waals surface area contributed by atoms with Gasteiger partial charge in [0.15, 0.2) is 0 Å². The highest BCUT2D eigenvalue weighted by Crippen LogP contribution is 2.02. The fourth-order valence-electron chi connectivity index (χ4n) is 1.56. The molecule has 0 saturated heterocycles. The van der Waals surface area contributed by atoms with Crippen molar-refractivity contribution in [3.8, 4) is 0 Å². The molecule has 1 atom stereocenters. The Kier molecular flexibility index (Phi) is 6.04. The van der Waals surface area contributed by atoms with Gasteiger partial charge < -0.3 is 10.6 Å². The molecule has 0 spiro atoms. The number of aromatic nitrogens is 1. The van der Waals surface area contributed by atoms with Gasteiger partial charge in [0.05, 0.1) is 0 Å². The molecule has 3 nitrogen and oxygen atoms in total. The average molecular weight is 221 g/mol. The van der Waals surface area contributed by atoms with E-state index in [1.54, 1.807) is 0 Å². The highest BCUT2D eigenvalue weighted by atomic mass is 15.0. The van der Waals surface area contributed by atoms with Crippen LogP contribution in [0.2, 0.25) is 0 Å². The second-order valence-corrected chi connectivity index (χ2v) is 4.23. The molecule has 1 unspecified atom stereocenters. The van der Waals surface area contributed by atoms with Gasteiger partial charge in [0, 0.05) is 31.0 Å². The van der Waals surface area contributed by atoms with E-state index >= 15 is 0 Å². The molecule has 0 aliphatic carbocycles. The van der Waals surface area contributed by atoms with Gasteiger partial charge in [-0.25, -0.2) is 0 Å². The van der Waals surface area contributed by atoms with E-state index in [1.807, 2.05) is 12.3 Å². The van der Waals surface area contributed by atoms with Gasteiger partial charge in [-0.1, -0.05) is 13.0 Å². The Morgan fingerprint density at radius 3 is 2.94 bits per heavy atom. The molecule has 0 aliphatic rings. The zero-order chi connectivity index (χ0) is 11.8. The molecule has 0 radical (unpaired) electrons. The topological polar surface area (TPSA) is 37.0 Å². The largest absolute Gasteiger partial charge is 0.315 e. The summed E-state index contributed by atoms with van der Waals surface area (Å²) in [6.07, 6.45) is 3.03. The van der Waals surface area contributed by atoms with Crippen molar-refractivity contribution in [1.29, 1.82) is 0 Å². The van der Waals surface area contributed by atoms with Crippen LogP contribution in [0.5, 0.6) is 0 Å². The molecule has 1 rings (SSSR count). The van der Waals surface area contributed by atoms with E-state index < -0.39 is 0 Å². The van der Waals surface area contributed by atoms with Gasteiger partial charge in [-0.15, -0.1) is 0 Å². The maximum Gasteiger partial charge on any atom is 0.0417 e. The highest BCUT2D eigenvalue weighted by Gasteiger charge is 2.02. The number of rotatable bonds is 7. The Labute approximate surface area is 98.7 Å². The molecule has 0 amide bonds. The molecule has 16 heavy (non-hydrogen) atoms. The van der Waals surface area contributed by atoms with Crippen LogP contribution in [0, 0.1) is 6.92 Å². The summed E-state index contributed by atoms with van der Waals surface area (Å²) in [5.41, 5.74) is 2.40. The van der Waals surface area contributed by atoms with Gasteiger partial charge in [-0.2, -0.15) is 0 Å². The van der Waals surface area contributed by atoms with Crippen LogP contribution in [-0.4, -0.2) is 24.1 Å². The number of nitrogens with one attached hydrogen (secondary N) is 2. The van der Waals surface area contributed by atoms with Gasteiger partial charge in [-0.05, 0) is 38.4 Å². The fourth-order valence-corrected chi connectivity index (χ4v) is 1.56. The van der Waals surface area contributed by atoms with Gasteiger partial charge in [0.25, 0.3) is 0 Å². The predicted octanol–water partition coefficient (Wildman–Crippen LogP) is 1.87. The minimum atomic E-state index is 0.492. The first kappa shape index (κ1) is 13.1. The summed E-state index contributed by atoms with van der Waals surface area (Å²) < 4.78 is 0. The summed E-state index contributed by atoms with van der Waals surface area (Å²) in [7, 11) is 0. The molecule has 0 aliphatic heterocycles. The van der Waals surface area contributed by atoms with Crippen LogP contribution in [0.4, 0.5) is 0 Å². The minimum Gasteiger partial charge on any atom is -0.315 e. The number of pyridine rings is 1. The lowest BCUT2D eigenvalue weighted by Crippen LogP contribution is -2.36. The van der Waals surface area contributed by atoms with Crippen molar-refractivity contribution in [2.24, 2.45) is 0 Å². The molecule has 1 aromatic rings. The third-order valence-electron chi connectivity index (χ3n) is 2.63. The first-order valence-electron chi connectivity index (χ1n) is 6.08. The second-order valence-electron chi connectivity index (χ2n) is 4.23. The fraction of sp³-hybridized carbons (Fsp3) is 0.615. The number of hydrogen-bond acceptors (Lipinski definition) is 3. The molecular weight excluding hydrogens is 198 g/mol. The van der Waals surface area contributed by atoms with Gasteiger partial charge >= 0.3 is 0 Å². The monoisotopic (exact) mass is 221 g/mol. The summed E-state index contributed by atoms with van der Waals surface area (Å²) in [6.45, 7) is 9.45. The first-order chi connectivity index (χ1) is 7.74. The SMILES string of the molecule is CCCNCC(C)NCc1cccnc1C. The Hall–Kier alpha value is -0.930. The third kappa shape index (κ3) is 4.73. The maximum atomic E-state index is 4.28. The van der Waals surface area contributed by atoms with Crippen LogP contribution in [-0.2, 0) is 6.54 Å². The zero-order valence-corrected chi connectivity index (χ0v) is 10.6. The lowest BCUT2D eigenvalue weighted by atomic mass is 10.2. The average Bonchev–Trinajstić information content (AvgIpc) is 2.28. The molecule has 2 N–H and O–H groups in total. The normalized spacial score (nSPS) is 12.7. The lowest BCUT2D eigenvalue weighted by Gasteiger charge is -2.15. The van der Waals surface area contributed by atoms with E-state index in [9.17, 15) is 0 Å². The first-order valence-corrected chi connectivity index (χ1v) is 6.08. The van der Waals surface area contributed by atoms with Crippen LogP contribution < -0.4 is 10.6 Å². The summed E-state index contributed by atoms with van der Waals surface area (Å²) in [6, 6.07) is 4.61. The lowest BCUT2D eigenvalue weighted by molar-refractivity contribution is 0.500. The Balaban J connectivity index is 2.26. The predicted molar refractivity (Wildman–Crippen MR) is 68.4 cm³/mol. The standard InChI is InChI=1S/C13H23N3/c1-4-7-14-9-11(2)16-10-13-6-5-8-15-12(13)3/h5-6,8,11,14,16H,4,7,9-10H2,1-3H3.